The molecule has 0 fully saturated rings. The Hall–Kier alpha value is -2.29. The largest absolute Gasteiger partial charge is 0.478 e. The normalized spacial score (nSPS) is 10.2. The Balaban J connectivity index is 2.55. The van der Waals surface area contributed by atoms with Gasteiger partial charge in [0.25, 0.3) is 0 Å². The molecule has 3 heteroatoms. The van der Waals surface area contributed by atoms with Crippen molar-refractivity contribution >= 4 is 17.3 Å². The number of nitrogens with zero attached hydrogens (tertiary/aromatic N) is 1. The highest BCUT2D eigenvalue weighted by Crippen LogP contribution is 2.29. The molecule has 2 rings (SSSR count). The third kappa shape index (κ3) is 2.76. The van der Waals surface area contributed by atoms with E-state index in [2.05, 4.69) is 0 Å². The van der Waals surface area contributed by atoms with Crippen LogP contribution in [0.1, 0.15) is 22.8 Å². The van der Waals surface area contributed by atoms with Crippen molar-refractivity contribution in [3.05, 3.63) is 59.7 Å². The molecule has 0 bridgehead atoms. The van der Waals surface area contributed by atoms with E-state index in [9.17, 15) is 9.90 Å². The average Bonchev–Trinajstić information content (AvgIpc) is 2.40. The Morgan fingerprint density at radius 3 is 2.42 bits per heavy atom. The van der Waals surface area contributed by atoms with Gasteiger partial charge >= 0.3 is 5.97 Å². The number of carboxylic acids is 1. The van der Waals surface area contributed by atoms with Crippen LogP contribution in [0.2, 0.25) is 0 Å². The van der Waals surface area contributed by atoms with Gasteiger partial charge in [-0.1, -0.05) is 24.3 Å². The molecule has 0 spiro atoms. The van der Waals surface area contributed by atoms with E-state index in [1.54, 1.807) is 6.07 Å². The smallest absolute Gasteiger partial charge is 0.337 e. The summed E-state index contributed by atoms with van der Waals surface area (Å²) >= 11 is 0. The lowest BCUT2D eigenvalue weighted by atomic mass is 10.1. The zero-order chi connectivity index (χ0) is 13.8. The van der Waals surface area contributed by atoms with Gasteiger partial charge in [0.05, 0.1) is 11.3 Å². The Morgan fingerprint density at radius 2 is 1.84 bits per heavy atom. The Labute approximate surface area is 113 Å². The first-order chi connectivity index (χ1) is 9.13. The summed E-state index contributed by atoms with van der Waals surface area (Å²) in [6.45, 7) is 4.70. The highest BCUT2D eigenvalue weighted by Gasteiger charge is 2.16. The molecule has 3 nitrogen and oxygen atoms in total. The highest BCUT2D eigenvalue weighted by molar-refractivity contribution is 5.95. The first-order valence-electron chi connectivity index (χ1n) is 6.30. The maximum Gasteiger partial charge on any atom is 0.337 e. The number of hydrogen-bond acceptors (Lipinski definition) is 2. The minimum Gasteiger partial charge on any atom is -0.478 e. The zero-order valence-corrected chi connectivity index (χ0v) is 11.1. The molecule has 0 amide bonds. The number of anilines is 2. The van der Waals surface area contributed by atoms with Crippen LogP contribution in [0.15, 0.2) is 48.5 Å². The molecule has 0 aliphatic carbocycles. The minimum absolute atomic E-state index is 0.330. The fourth-order valence-corrected chi connectivity index (χ4v) is 2.15. The molecule has 19 heavy (non-hydrogen) atoms. The van der Waals surface area contributed by atoms with Crippen molar-refractivity contribution in [3.63, 3.8) is 0 Å². The van der Waals surface area contributed by atoms with Crippen LogP contribution >= 0.6 is 0 Å². The van der Waals surface area contributed by atoms with E-state index in [0.717, 1.165) is 16.9 Å². The van der Waals surface area contributed by atoms with Crippen molar-refractivity contribution < 1.29 is 9.90 Å². The second-order valence-electron chi connectivity index (χ2n) is 4.41. The average molecular weight is 255 g/mol. The molecule has 98 valence electrons. The maximum absolute atomic E-state index is 11.4. The Kier molecular flexibility index (Phi) is 3.85. The van der Waals surface area contributed by atoms with Crippen LogP contribution < -0.4 is 4.90 Å². The van der Waals surface area contributed by atoms with E-state index in [1.165, 1.54) is 0 Å². The van der Waals surface area contributed by atoms with Crippen molar-refractivity contribution in [2.45, 2.75) is 13.8 Å². The van der Waals surface area contributed by atoms with Crippen molar-refractivity contribution in [1.29, 1.82) is 0 Å². The molecule has 0 radical (unpaired) electrons. The van der Waals surface area contributed by atoms with E-state index in [4.69, 9.17) is 0 Å². The van der Waals surface area contributed by atoms with E-state index < -0.39 is 5.97 Å². The summed E-state index contributed by atoms with van der Waals surface area (Å²) in [6, 6.07) is 15.2. The molecule has 1 N–H and O–H groups in total. The monoisotopic (exact) mass is 255 g/mol. The molecule has 0 aliphatic rings. The third-order valence-electron chi connectivity index (χ3n) is 3.06. The fraction of sp³-hybridized carbons (Fsp3) is 0.188. The highest BCUT2D eigenvalue weighted by atomic mass is 16.4. The summed E-state index contributed by atoms with van der Waals surface area (Å²) in [7, 11) is 0. The quantitative estimate of drug-likeness (QED) is 0.902. The molecule has 0 aliphatic heterocycles. The number of hydrogen-bond donors (Lipinski definition) is 1. The van der Waals surface area contributed by atoms with E-state index in [-0.39, 0.29) is 0 Å². The number of rotatable bonds is 4. The van der Waals surface area contributed by atoms with Gasteiger partial charge in [-0.3, -0.25) is 0 Å². The van der Waals surface area contributed by atoms with Gasteiger partial charge in [-0.25, -0.2) is 4.79 Å². The van der Waals surface area contributed by atoms with Crippen LogP contribution in [0.25, 0.3) is 0 Å². The van der Waals surface area contributed by atoms with Crippen molar-refractivity contribution in [2.24, 2.45) is 0 Å². The Bertz CT molecular complexity index is 579. The molecule has 0 aromatic heterocycles. The summed E-state index contributed by atoms with van der Waals surface area (Å²) in [5.41, 5.74) is 3.12. The fourth-order valence-electron chi connectivity index (χ4n) is 2.15. The SMILES string of the molecule is CCN(c1ccccc1)c1cc(C)ccc1C(=O)O. The van der Waals surface area contributed by atoms with Crippen LogP contribution in [0, 0.1) is 6.92 Å². The molecule has 0 unspecified atom stereocenters. The summed E-state index contributed by atoms with van der Waals surface area (Å²) in [5.74, 6) is -0.899. The van der Waals surface area contributed by atoms with Gasteiger partial charge in [-0.2, -0.15) is 0 Å². The van der Waals surface area contributed by atoms with Gasteiger partial charge in [-0.15, -0.1) is 0 Å². The minimum atomic E-state index is -0.899. The molecular formula is C16H17NO2. The molecule has 0 saturated heterocycles. The first kappa shape index (κ1) is 13.1. The predicted molar refractivity (Wildman–Crippen MR) is 77.3 cm³/mol. The van der Waals surface area contributed by atoms with E-state index in [0.29, 0.717) is 12.1 Å². The lowest BCUT2D eigenvalue weighted by Gasteiger charge is -2.25. The summed E-state index contributed by atoms with van der Waals surface area (Å²) in [5, 5.41) is 9.32. The second kappa shape index (κ2) is 5.57. The van der Waals surface area contributed by atoms with Gasteiger partial charge in [-0.05, 0) is 43.7 Å². The standard InChI is InChI=1S/C16H17NO2/c1-3-17(13-7-5-4-6-8-13)15-11-12(2)9-10-14(15)16(18)19/h4-11H,3H2,1-2H3,(H,18,19). The van der Waals surface area contributed by atoms with Gasteiger partial charge in [0.2, 0.25) is 0 Å². The van der Waals surface area contributed by atoms with Crippen LogP contribution in [0.4, 0.5) is 11.4 Å². The number of carboxylic acid groups (broad SMARTS) is 1. The number of aryl methyl sites for hydroxylation is 1. The number of benzene rings is 2. The van der Waals surface area contributed by atoms with Crippen LogP contribution in [-0.2, 0) is 0 Å². The molecule has 2 aromatic carbocycles. The number of aromatic carboxylic acids is 1. The van der Waals surface area contributed by atoms with Gasteiger partial charge in [0, 0.05) is 12.2 Å². The number of carbonyl (C=O) groups is 1. The van der Waals surface area contributed by atoms with E-state index >= 15 is 0 Å². The second-order valence-corrected chi connectivity index (χ2v) is 4.41. The van der Waals surface area contributed by atoms with Gasteiger partial charge in [0.15, 0.2) is 0 Å². The molecule has 0 heterocycles. The summed E-state index contributed by atoms with van der Waals surface area (Å²) in [6.07, 6.45) is 0. The number of para-hydroxylation sites is 1. The van der Waals surface area contributed by atoms with Crippen LogP contribution in [0.5, 0.6) is 0 Å². The van der Waals surface area contributed by atoms with E-state index in [1.807, 2.05) is 61.2 Å². The van der Waals surface area contributed by atoms with Crippen LogP contribution in [0.3, 0.4) is 0 Å². The lowest BCUT2D eigenvalue weighted by molar-refractivity contribution is 0.0697. The van der Waals surface area contributed by atoms with Crippen molar-refractivity contribution in [3.8, 4) is 0 Å². The van der Waals surface area contributed by atoms with Crippen molar-refractivity contribution in [1.82, 2.24) is 0 Å². The molecule has 2 aromatic rings. The topological polar surface area (TPSA) is 40.5 Å². The molecular weight excluding hydrogens is 238 g/mol. The van der Waals surface area contributed by atoms with Crippen molar-refractivity contribution in [2.75, 3.05) is 11.4 Å². The Morgan fingerprint density at radius 1 is 1.16 bits per heavy atom. The molecule has 0 saturated carbocycles. The summed E-state index contributed by atoms with van der Waals surface area (Å²) < 4.78 is 0. The van der Waals surface area contributed by atoms with Gasteiger partial charge in [0.1, 0.15) is 0 Å². The zero-order valence-electron chi connectivity index (χ0n) is 11.1. The first-order valence-corrected chi connectivity index (χ1v) is 6.30. The van der Waals surface area contributed by atoms with Crippen LogP contribution in [-0.4, -0.2) is 17.6 Å². The van der Waals surface area contributed by atoms with Gasteiger partial charge < -0.3 is 10.0 Å². The maximum atomic E-state index is 11.4. The molecule has 0 atom stereocenters. The third-order valence-corrected chi connectivity index (χ3v) is 3.06. The lowest BCUT2D eigenvalue weighted by Crippen LogP contribution is -2.19. The predicted octanol–water partition coefficient (Wildman–Crippen LogP) is 3.85. The summed E-state index contributed by atoms with van der Waals surface area (Å²) in [4.78, 5) is 13.4.